The number of ether oxygens (including phenoxy) is 1. The summed E-state index contributed by atoms with van der Waals surface area (Å²) in [4.78, 5) is 2.38. The van der Waals surface area contributed by atoms with Crippen LogP contribution in [0.1, 0.15) is 5.56 Å². The van der Waals surface area contributed by atoms with E-state index < -0.39 is 0 Å². The second-order valence-corrected chi connectivity index (χ2v) is 5.53. The van der Waals surface area contributed by atoms with Gasteiger partial charge in [0, 0.05) is 34.6 Å². The second kappa shape index (κ2) is 5.32. The molecule has 1 aliphatic heterocycles. The van der Waals surface area contributed by atoms with E-state index in [0.717, 1.165) is 53.4 Å². The molecule has 1 heterocycles. The lowest BCUT2D eigenvalue weighted by Crippen LogP contribution is -2.36. The van der Waals surface area contributed by atoms with Gasteiger partial charge >= 0.3 is 0 Å². The number of hydrogen-bond acceptors (Lipinski definition) is 3. The lowest BCUT2D eigenvalue weighted by Gasteiger charge is -2.31. The van der Waals surface area contributed by atoms with Crippen LogP contribution in [0.2, 0.25) is 0 Å². The quantitative estimate of drug-likeness (QED) is 0.641. The fourth-order valence-corrected chi connectivity index (χ4v) is 3.35. The van der Waals surface area contributed by atoms with Gasteiger partial charge < -0.3 is 9.64 Å². The number of fused-ring (bicyclic) bond motifs is 2. The predicted octanol–water partition coefficient (Wildman–Crippen LogP) is 3.70. The second-order valence-electron chi connectivity index (χ2n) is 5.53. The van der Waals surface area contributed by atoms with Gasteiger partial charge in [-0.05, 0) is 0 Å². The van der Waals surface area contributed by atoms with Gasteiger partial charge in [-0.2, -0.15) is 5.26 Å². The third-order valence-electron chi connectivity index (χ3n) is 4.34. The lowest BCUT2D eigenvalue weighted by molar-refractivity contribution is 0.123. The summed E-state index contributed by atoms with van der Waals surface area (Å²) >= 11 is 0. The molecule has 0 saturated carbocycles. The summed E-state index contributed by atoms with van der Waals surface area (Å²) in [6.07, 6.45) is 0. The molecule has 108 valence electrons. The number of nitrogens with zero attached hydrogens (tertiary/aromatic N) is 2. The van der Waals surface area contributed by atoms with Crippen molar-refractivity contribution >= 4 is 27.2 Å². The van der Waals surface area contributed by atoms with E-state index in [4.69, 9.17) is 4.74 Å². The van der Waals surface area contributed by atoms with Crippen molar-refractivity contribution in [2.45, 2.75) is 0 Å². The van der Waals surface area contributed by atoms with Gasteiger partial charge in [0.25, 0.3) is 0 Å². The average Bonchev–Trinajstić information content (AvgIpc) is 2.60. The molecule has 3 heteroatoms. The first-order valence-electron chi connectivity index (χ1n) is 7.56. The molecule has 3 nitrogen and oxygen atoms in total. The molecule has 0 bridgehead atoms. The van der Waals surface area contributed by atoms with Gasteiger partial charge in [0.2, 0.25) is 0 Å². The van der Waals surface area contributed by atoms with Crippen LogP contribution < -0.4 is 4.90 Å². The maximum Gasteiger partial charge on any atom is 0.100 e. The van der Waals surface area contributed by atoms with Crippen molar-refractivity contribution in [3.63, 3.8) is 0 Å². The molecule has 1 fully saturated rings. The van der Waals surface area contributed by atoms with Crippen molar-refractivity contribution in [2.24, 2.45) is 0 Å². The van der Waals surface area contributed by atoms with Gasteiger partial charge in [0.15, 0.2) is 0 Å². The van der Waals surface area contributed by atoms with Crippen LogP contribution in [-0.2, 0) is 4.74 Å². The monoisotopic (exact) mass is 288 g/mol. The minimum absolute atomic E-state index is 0.753. The Hall–Kier alpha value is -2.57. The van der Waals surface area contributed by atoms with Crippen LogP contribution in [-0.4, -0.2) is 26.3 Å². The Bertz CT molecular complexity index is 832. The summed E-state index contributed by atoms with van der Waals surface area (Å²) in [5.41, 5.74) is 2.00. The molecule has 1 aliphatic rings. The first-order valence-corrected chi connectivity index (χ1v) is 7.56. The molecular weight excluding hydrogens is 272 g/mol. The molecule has 3 aromatic carbocycles. The van der Waals surface area contributed by atoms with Gasteiger partial charge in [-0.25, -0.2) is 0 Å². The Labute approximate surface area is 129 Å². The molecule has 0 unspecified atom stereocenters. The first kappa shape index (κ1) is 13.1. The number of hydrogen-bond donors (Lipinski definition) is 0. The van der Waals surface area contributed by atoms with Crippen molar-refractivity contribution in [1.82, 2.24) is 0 Å². The third kappa shape index (κ3) is 1.93. The highest BCUT2D eigenvalue weighted by Crippen LogP contribution is 2.38. The highest BCUT2D eigenvalue weighted by atomic mass is 16.5. The molecule has 0 aliphatic carbocycles. The highest BCUT2D eigenvalue weighted by Gasteiger charge is 2.19. The number of rotatable bonds is 1. The molecule has 0 N–H and O–H groups in total. The standard InChI is InChI=1S/C19H16N2O/c20-13-18-14-5-1-3-7-16(14)19(21-9-11-22-12-10-21)17-8-4-2-6-15(17)18/h1-8H,9-12H2. The summed E-state index contributed by atoms with van der Waals surface area (Å²) in [7, 11) is 0. The summed E-state index contributed by atoms with van der Waals surface area (Å²) in [5.74, 6) is 0. The summed E-state index contributed by atoms with van der Waals surface area (Å²) in [6.45, 7) is 3.28. The summed E-state index contributed by atoms with van der Waals surface area (Å²) in [6, 6.07) is 18.8. The van der Waals surface area contributed by atoms with Crippen molar-refractivity contribution < 1.29 is 4.74 Å². The van der Waals surface area contributed by atoms with Crippen molar-refractivity contribution in [3.8, 4) is 6.07 Å². The van der Waals surface area contributed by atoms with E-state index in [1.807, 2.05) is 36.4 Å². The number of morpholine rings is 1. The molecule has 4 rings (SSSR count). The normalized spacial score (nSPS) is 15.1. The van der Waals surface area contributed by atoms with Crippen LogP contribution in [0.25, 0.3) is 21.5 Å². The molecule has 0 atom stereocenters. The van der Waals surface area contributed by atoms with Crippen LogP contribution in [0.3, 0.4) is 0 Å². The minimum atomic E-state index is 0.753. The topological polar surface area (TPSA) is 36.3 Å². The van der Waals surface area contributed by atoms with Gasteiger partial charge in [-0.1, -0.05) is 48.5 Å². The smallest absolute Gasteiger partial charge is 0.100 e. The number of nitriles is 1. The van der Waals surface area contributed by atoms with Crippen LogP contribution in [0.5, 0.6) is 0 Å². The number of anilines is 1. The first-order chi connectivity index (χ1) is 10.9. The van der Waals surface area contributed by atoms with E-state index in [0.29, 0.717) is 0 Å². The van der Waals surface area contributed by atoms with Gasteiger partial charge in [-0.3, -0.25) is 0 Å². The van der Waals surface area contributed by atoms with E-state index in [-0.39, 0.29) is 0 Å². The van der Waals surface area contributed by atoms with Gasteiger partial charge in [-0.15, -0.1) is 0 Å². The molecule has 1 saturated heterocycles. The highest BCUT2D eigenvalue weighted by molar-refractivity contribution is 6.15. The average molecular weight is 288 g/mol. The van der Waals surface area contributed by atoms with Crippen LogP contribution in [0, 0.1) is 11.3 Å². The summed E-state index contributed by atoms with van der Waals surface area (Å²) in [5, 5.41) is 14.0. The summed E-state index contributed by atoms with van der Waals surface area (Å²) < 4.78 is 5.50. The van der Waals surface area contributed by atoms with Crippen molar-refractivity contribution in [3.05, 3.63) is 54.1 Å². The SMILES string of the molecule is N#Cc1c2ccccc2c(N2CCOCC2)c2ccccc12. The van der Waals surface area contributed by atoms with E-state index in [2.05, 4.69) is 23.1 Å². The Kier molecular flexibility index (Phi) is 3.17. The van der Waals surface area contributed by atoms with Crippen LogP contribution in [0.4, 0.5) is 5.69 Å². The Balaban J connectivity index is 2.14. The van der Waals surface area contributed by atoms with E-state index in [1.165, 1.54) is 5.69 Å². The van der Waals surface area contributed by atoms with E-state index in [1.54, 1.807) is 0 Å². The van der Waals surface area contributed by atoms with E-state index >= 15 is 0 Å². The van der Waals surface area contributed by atoms with Crippen molar-refractivity contribution in [1.29, 1.82) is 5.26 Å². The minimum Gasteiger partial charge on any atom is -0.378 e. The zero-order chi connectivity index (χ0) is 14.9. The maximum absolute atomic E-state index is 9.65. The largest absolute Gasteiger partial charge is 0.378 e. The molecule has 22 heavy (non-hydrogen) atoms. The molecule has 0 radical (unpaired) electrons. The Morgan fingerprint density at radius 1 is 0.818 bits per heavy atom. The molecular formula is C19H16N2O. The van der Waals surface area contributed by atoms with Gasteiger partial charge in [0.1, 0.15) is 6.07 Å². The fraction of sp³-hybridized carbons (Fsp3) is 0.211. The Morgan fingerprint density at radius 3 is 1.82 bits per heavy atom. The van der Waals surface area contributed by atoms with Crippen LogP contribution in [0.15, 0.2) is 48.5 Å². The molecule has 3 aromatic rings. The zero-order valence-electron chi connectivity index (χ0n) is 12.2. The zero-order valence-corrected chi connectivity index (χ0v) is 12.2. The molecule has 0 aromatic heterocycles. The molecule has 0 amide bonds. The maximum atomic E-state index is 9.65. The predicted molar refractivity (Wildman–Crippen MR) is 89.2 cm³/mol. The fourth-order valence-electron chi connectivity index (χ4n) is 3.35. The van der Waals surface area contributed by atoms with Crippen LogP contribution >= 0.6 is 0 Å². The van der Waals surface area contributed by atoms with E-state index in [9.17, 15) is 5.26 Å². The third-order valence-corrected chi connectivity index (χ3v) is 4.34. The van der Waals surface area contributed by atoms with Crippen molar-refractivity contribution in [2.75, 3.05) is 31.2 Å². The lowest BCUT2D eigenvalue weighted by atomic mass is 9.94. The number of benzene rings is 3. The molecule has 0 spiro atoms. The van der Waals surface area contributed by atoms with Gasteiger partial charge in [0.05, 0.1) is 24.5 Å². The Morgan fingerprint density at radius 2 is 1.32 bits per heavy atom.